The minimum Gasteiger partial charge on any atom is -0.301 e. The Hall–Kier alpha value is -0.0800. The van der Waals surface area contributed by atoms with Crippen LogP contribution in [0, 0.1) is 5.92 Å². The fraction of sp³-hybridized carbons (Fsp3) is 1.00. The van der Waals surface area contributed by atoms with Crippen LogP contribution in [0.2, 0.25) is 0 Å². The van der Waals surface area contributed by atoms with Gasteiger partial charge < -0.3 is 4.90 Å². The molecule has 0 spiro atoms. The standard InChI is InChI=1S/C11H24N2/c1-9(2)11-8-13(10(3)4)7-6-12(11)5/h9-11H,6-8H2,1-5H3/t11-/m1/s1. The van der Waals surface area contributed by atoms with Crippen LogP contribution in [0.5, 0.6) is 0 Å². The molecular weight excluding hydrogens is 160 g/mol. The molecule has 1 rings (SSSR count). The first kappa shape index (κ1) is 11.0. The van der Waals surface area contributed by atoms with Crippen LogP contribution in [-0.4, -0.2) is 48.6 Å². The van der Waals surface area contributed by atoms with E-state index >= 15 is 0 Å². The average molecular weight is 184 g/mol. The quantitative estimate of drug-likeness (QED) is 0.644. The van der Waals surface area contributed by atoms with E-state index in [0.717, 1.165) is 12.0 Å². The molecule has 0 saturated carbocycles. The van der Waals surface area contributed by atoms with Crippen LogP contribution in [0.4, 0.5) is 0 Å². The van der Waals surface area contributed by atoms with E-state index in [1.165, 1.54) is 19.6 Å². The number of hydrogen-bond donors (Lipinski definition) is 0. The molecule has 0 unspecified atom stereocenters. The molecule has 1 saturated heterocycles. The minimum absolute atomic E-state index is 0.704. The van der Waals surface area contributed by atoms with Crippen molar-refractivity contribution in [3.8, 4) is 0 Å². The van der Waals surface area contributed by atoms with Crippen molar-refractivity contribution < 1.29 is 0 Å². The van der Waals surface area contributed by atoms with Crippen LogP contribution >= 0.6 is 0 Å². The Morgan fingerprint density at radius 3 is 2.15 bits per heavy atom. The van der Waals surface area contributed by atoms with Crippen LogP contribution in [-0.2, 0) is 0 Å². The van der Waals surface area contributed by atoms with Crippen molar-refractivity contribution in [2.24, 2.45) is 5.92 Å². The molecule has 13 heavy (non-hydrogen) atoms. The predicted molar refractivity (Wildman–Crippen MR) is 58.0 cm³/mol. The molecule has 0 radical (unpaired) electrons. The van der Waals surface area contributed by atoms with Crippen LogP contribution in [0.25, 0.3) is 0 Å². The van der Waals surface area contributed by atoms with Crippen molar-refractivity contribution in [2.45, 2.75) is 39.8 Å². The lowest BCUT2D eigenvalue weighted by molar-refractivity contribution is 0.0525. The molecule has 0 aromatic carbocycles. The highest BCUT2D eigenvalue weighted by molar-refractivity contribution is 4.83. The highest BCUT2D eigenvalue weighted by Crippen LogP contribution is 2.16. The average Bonchev–Trinajstić information content (AvgIpc) is 2.04. The molecule has 0 amide bonds. The first-order valence-electron chi connectivity index (χ1n) is 5.46. The summed E-state index contributed by atoms with van der Waals surface area (Å²) in [5, 5.41) is 0. The molecule has 0 aliphatic carbocycles. The van der Waals surface area contributed by atoms with Crippen molar-refractivity contribution >= 4 is 0 Å². The van der Waals surface area contributed by atoms with E-state index in [-0.39, 0.29) is 0 Å². The van der Waals surface area contributed by atoms with Crippen molar-refractivity contribution in [3.63, 3.8) is 0 Å². The second kappa shape index (κ2) is 4.43. The summed E-state index contributed by atoms with van der Waals surface area (Å²) in [5.74, 6) is 0.770. The fourth-order valence-electron chi connectivity index (χ4n) is 2.11. The van der Waals surface area contributed by atoms with Gasteiger partial charge in [0.2, 0.25) is 0 Å². The molecule has 2 heteroatoms. The van der Waals surface area contributed by atoms with Gasteiger partial charge in [0.25, 0.3) is 0 Å². The summed E-state index contributed by atoms with van der Waals surface area (Å²) < 4.78 is 0. The zero-order valence-corrected chi connectivity index (χ0v) is 9.75. The van der Waals surface area contributed by atoms with E-state index in [1.54, 1.807) is 0 Å². The largest absolute Gasteiger partial charge is 0.301 e. The Bertz CT molecular complexity index is 154. The van der Waals surface area contributed by atoms with Gasteiger partial charge in [-0.15, -0.1) is 0 Å². The first-order valence-corrected chi connectivity index (χ1v) is 5.46. The van der Waals surface area contributed by atoms with Crippen molar-refractivity contribution in [3.05, 3.63) is 0 Å². The molecule has 0 bridgehead atoms. The van der Waals surface area contributed by atoms with Gasteiger partial charge in [-0.3, -0.25) is 4.90 Å². The van der Waals surface area contributed by atoms with Gasteiger partial charge >= 0.3 is 0 Å². The Morgan fingerprint density at radius 1 is 1.08 bits per heavy atom. The van der Waals surface area contributed by atoms with Gasteiger partial charge in [-0.25, -0.2) is 0 Å². The van der Waals surface area contributed by atoms with Crippen molar-refractivity contribution in [1.82, 2.24) is 9.80 Å². The molecule has 1 atom stereocenters. The fourth-order valence-corrected chi connectivity index (χ4v) is 2.11. The highest BCUT2D eigenvalue weighted by Gasteiger charge is 2.27. The number of likely N-dealkylation sites (N-methyl/N-ethyl adjacent to an activating group) is 1. The van der Waals surface area contributed by atoms with Crippen molar-refractivity contribution in [2.75, 3.05) is 26.7 Å². The summed E-state index contributed by atoms with van der Waals surface area (Å²) in [5.41, 5.74) is 0. The normalized spacial score (nSPS) is 27.5. The van der Waals surface area contributed by atoms with Crippen LogP contribution < -0.4 is 0 Å². The third-order valence-electron chi connectivity index (χ3n) is 3.23. The Labute approximate surface area is 82.9 Å². The molecule has 1 aliphatic heterocycles. The maximum Gasteiger partial charge on any atom is 0.0243 e. The van der Waals surface area contributed by atoms with Crippen LogP contribution in [0.15, 0.2) is 0 Å². The second-order valence-corrected chi connectivity index (χ2v) is 4.88. The van der Waals surface area contributed by atoms with Gasteiger partial charge in [0.1, 0.15) is 0 Å². The zero-order chi connectivity index (χ0) is 10.0. The molecule has 0 aromatic heterocycles. The number of rotatable bonds is 2. The lowest BCUT2D eigenvalue weighted by Crippen LogP contribution is -2.55. The first-order chi connectivity index (χ1) is 6.02. The molecule has 1 heterocycles. The second-order valence-electron chi connectivity index (χ2n) is 4.88. The van der Waals surface area contributed by atoms with E-state index in [4.69, 9.17) is 0 Å². The molecule has 0 N–H and O–H groups in total. The summed E-state index contributed by atoms with van der Waals surface area (Å²) in [6.45, 7) is 12.9. The summed E-state index contributed by atoms with van der Waals surface area (Å²) in [6.07, 6.45) is 0. The summed E-state index contributed by atoms with van der Waals surface area (Å²) in [4.78, 5) is 5.09. The van der Waals surface area contributed by atoms with Gasteiger partial charge in [-0.05, 0) is 26.8 Å². The van der Waals surface area contributed by atoms with Gasteiger partial charge in [0.05, 0.1) is 0 Å². The lowest BCUT2D eigenvalue weighted by Gasteiger charge is -2.43. The van der Waals surface area contributed by atoms with Crippen molar-refractivity contribution in [1.29, 1.82) is 0 Å². The van der Waals surface area contributed by atoms with Gasteiger partial charge in [0.15, 0.2) is 0 Å². The van der Waals surface area contributed by atoms with Gasteiger partial charge in [-0.1, -0.05) is 13.8 Å². The zero-order valence-electron chi connectivity index (χ0n) is 9.75. The van der Waals surface area contributed by atoms with E-state index in [9.17, 15) is 0 Å². The molecule has 1 aliphatic rings. The smallest absolute Gasteiger partial charge is 0.0243 e. The van der Waals surface area contributed by atoms with E-state index < -0.39 is 0 Å². The molecule has 1 fully saturated rings. The van der Waals surface area contributed by atoms with E-state index in [0.29, 0.717) is 6.04 Å². The van der Waals surface area contributed by atoms with E-state index in [2.05, 4.69) is 44.5 Å². The molecule has 78 valence electrons. The lowest BCUT2D eigenvalue weighted by atomic mass is 9.99. The maximum atomic E-state index is 2.59. The third kappa shape index (κ3) is 2.68. The monoisotopic (exact) mass is 184 g/mol. The molecule has 2 nitrogen and oxygen atoms in total. The van der Waals surface area contributed by atoms with Crippen LogP contribution in [0.3, 0.4) is 0 Å². The molecule has 0 aromatic rings. The number of hydrogen-bond acceptors (Lipinski definition) is 2. The summed E-state index contributed by atoms with van der Waals surface area (Å²) >= 11 is 0. The van der Waals surface area contributed by atoms with Crippen LogP contribution in [0.1, 0.15) is 27.7 Å². The third-order valence-corrected chi connectivity index (χ3v) is 3.23. The van der Waals surface area contributed by atoms with E-state index in [1.807, 2.05) is 0 Å². The highest BCUT2D eigenvalue weighted by atomic mass is 15.3. The topological polar surface area (TPSA) is 6.48 Å². The Kier molecular flexibility index (Phi) is 3.74. The summed E-state index contributed by atoms with van der Waals surface area (Å²) in [6, 6.07) is 1.45. The number of piperazine rings is 1. The SMILES string of the molecule is CC(C)[C@H]1CN(C(C)C)CCN1C. The van der Waals surface area contributed by atoms with Gasteiger partial charge in [-0.2, -0.15) is 0 Å². The van der Waals surface area contributed by atoms with Gasteiger partial charge in [0, 0.05) is 31.7 Å². The maximum absolute atomic E-state index is 2.59. The predicted octanol–water partition coefficient (Wildman–Crippen LogP) is 1.67. The summed E-state index contributed by atoms with van der Waals surface area (Å²) in [7, 11) is 2.25. The Morgan fingerprint density at radius 2 is 1.69 bits per heavy atom. The molecular formula is C11H24N2. The Balaban J connectivity index is 2.53. The number of nitrogens with zero attached hydrogens (tertiary/aromatic N) is 2. The minimum atomic E-state index is 0.704.